The van der Waals surface area contributed by atoms with Gasteiger partial charge in [-0.05, 0) is 63.0 Å². The van der Waals surface area contributed by atoms with Gasteiger partial charge in [-0.2, -0.15) is 15.1 Å². The number of aryl methyl sites for hydroxylation is 1. The molecule has 0 amide bonds. The number of benzene rings is 1. The molecular formula is C22H28ClN7. The number of rotatable bonds is 4. The molecule has 2 aliphatic heterocycles. The molecule has 8 heteroatoms. The number of aromatic nitrogens is 4. The molecule has 1 N–H and O–H groups in total. The van der Waals surface area contributed by atoms with Gasteiger partial charge in [0.2, 0.25) is 5.95 Å². The summed E-state index contributed by atoms with van der Waals surface area (Å²) in [6, 6.07) is 8.36. The number of fused-ring (bicyclic) bond motifs is 1. The summed E-state index contributed by atoms with van der Waals surface area (Å²) < 4.78 is 1.81. The molecule has 4 heterocycles. The third kappa shape index (κ3) is 3.96. The Kier molecular flexibility index (Phi) is 5.48. The topological polar surface area (TPSA) is 62.1 Å². The lowest BCUT2D eigenvalue weighted by molar-refractivity contribution is 0.141. The molecule has 0 aliphatic carbocycles. The minimum Gasteiger partial charge on any atom is -0.341 e. The molecule has 3 aromatic rings. The van der Waals surface area contributed by atoms with E-state index in [0.29, 0.717) is 11.1 Å². The first kappa shape index (κ1) is 19.6. The maximum atomic E-state index is 6.03. The van der Waals surface area contributed by atoms with E-state index in [1.165, 1.54) is 45.2 Å². The molecule has 2 aliphatic rings. The zero-order chi connectivity index (χ0) is 20.5. The van der Waals surface area contributed by atoms with Gasteiger partial charge in [0.25, 0.3) is 0 Å². The fraction of sp³-hybridized carbons (Fsp3) is 0.500. The van der Waals surface area contributed by atoms with Crippen LogP contribution in [-0.2, 0) is 7.05 Å². The van der Waals surface area contributed by atoms with Crippen molar-refractivity contribution in [2.24, 2.45) is 7.05 Å². The molecule has 30 heavy (non-hydrogen) atoms. The normalized spacial score (nSPS) is 18.8. The molecule has 1 aromatic carbocycles. The van der Waals surface area contributed by atoms with Crippen molar-refractivity contribution in [1.82, 2.24) is 24.6 Å². The van der Waals surface area contributed by atoms with Crippen molar-refractivity contribution in [3.05, 3.63) is 35.5 Å². The minimum absolute atomic E-state index is 0.702. The molecule has 158 valence electrons. The van der Waals surface area contributed by atoms with Crippen LogP contribution < -0.4 is 10.2 Å². The van der Waals surface area contributed by atoms with Crippen molar-refractivity contribution >= 4 is 40.1 Å². The van der Waals surface area contributed by atoms with Crippen LogP contribution in [0.5, 0.6) is 0 Å². The Balaban J connectivity index is 1.38. The number of nitrogens with one attached hydrogen (secondary N) is 1. The number of hydrogen-bond donors (Lipinski definition) is 1. The highest BCUT2D eigenvalue weighted by Gasteiger charge is 2.27. The number of piperidine rings is 2. The fourth-order valence-electron chi connectivity index (χ4n) is 4.63. The second-order valence-electron chi connectivity index (χ2n) is 8.32. The molecule has 0 radical (unpaired) electrons. The molecular weight excluding hydrogens is 398 g/mol. The van der Waals surface area contributed by atoms with Crippen LogP contribution in [0.2, 0.25) is 5.02 Å². The molecule has 0 saturated carbocycles. The monoisotopic (exact) mass is 425 g/mol. The predicted octanol–water partition coefficient (Wildman–Crippen LogP) is 4.22. The number of halogens is 1. The van der Waals surface area contributed by atoms with E-state index >= 15 is 0 Å². The van der Waals surface area contributed by atoms with Gasteiger partial charge in [-0.25, -0.2) is 0 Å². The number of nitrogens with zero attached hydrogens (tertiary/aromatic N) is 6. The third-order valence-corrected chi connectivity index (χ3v) is 6.59. The second kappa shape index (κ2) is 8.40. The van der Waals surface area contributed by atoms with E-state index < -0.39 is 0 Å². The first-order valence-corrected chi connectivity index (χ1v) is 11.3. The van der Waals surface area contributed by atoms with Crippen LogP contribution in [0.1, 0.15) is 32.1 Å². The summed E-state index contributed by atoms with van der Waals surface area (Å²) in [5.41, 5.74) is 1.78. The van der Waals surface area contributed by atoms with E-state index in [4.69, 9.17) is 21.6 Å². The SMILES string of the molecule is Cn1ncc2c(Nc3ccc(Cl)cc3)nc(N3CCC(N4CCCCC4)CC3)nc21. The predicted molar refractivity (Wildman–Crippen MR) is 122 cm³/mol. The number of likely N-dealkylation sites (tertiary alicyclic amines) is 1. The first-order chi connectivity index (χ1) is 14.7. The summed E-state index contributed by atoms with van der Waals surface area (Å²) >= 11 is 6.03. The van der Waals surface area contributed by atoms with Gasteiger partial charge in [0, 0.05) is 36.9 Å². The van der Waals surface area contributed by atoms with E-state index in [-0.39, 0.29) is 0 Å². The average Bonchev–Trinajstić information content (AvgIpc) is 3.17. The molecule has 2 fully saturated rings. The lowest BCUT2D eigenvalue weighted by Crippen LogP contribution is -2.47. The Hall–Kier alpha value is -2.38. The molecule has 0 unspecified atom stereocenters. The lowest BCUT2D eigenvalue weighted by atomic mass is 10.0. The molecule has 2 aromatic heterocycles. The second-order valence-corrected chi connectivity index (χ2v) is 8.76. The van der Waals surface area contributed by atoms with Crippen molar-refractivity contribution in [1.29, 1.82) is 0 Å². The molecule has 0 spiro atoms. The summed E-state index contributed by atoms with van der Waals surface area (Å²) in [5, 5.41) is 9.46. The van der Waals surface area contributed by atoms with Crippen molar-refractivity contribution in [2.75, 3.05) is 36.4 Å². The van der Waals surface area contributed by atoms with Gasteiger partial charge in [0.05, 0.1) is 11.6 Å². The molecule has 2 saturated heterocycles. The van der Waals surface area contributed by atoms with E-state index in [0.717, 1.165) is 41.6 Å². The smallest absolute Gasteiger partial charge is 0.229 e. The third-order valence-electron chi connectivity index (χ3n) is 6.34. The van der Waals surface area contributed by atoms with Gasteiger partial charge in [-0.3, -0.25) is 4.68 Å². The Morgan fingerprint density at radius 1 is 0.967 bits per heavy atom. The summed E-state index contributed by atoms with van der Waals surface area (Å²) in [7, 11) is 1.92. The van der Waals surface area contributed by atoms with Crippen LogP contribution in [0.3, 0.4) is 0 Å². The van der Waals surface area contributed by atoms with E-state index in [1.807, 2.05) is 42.2 Å². The Labute approximate surface area is 182 Å². The highest BCUT2D eigenvalue weighted by atomic mass is 35.5. The summed E-state index contributed by atoms with van der Waals surface area (Å²) in [5.74, 6) is 1.56. The van der Waals surface area contributed by atoms with Gasteiger partial charge in [-0.15, -0.1) is 0 Å². The van der Waals surface area contributed by atoms with Crippen LogP contribution in [0.4, 0.5) is 17.5 Å². The summed E-state index contributed by atoms with van der Waals surface area (Å²) in [6.45, 7) is 4.50. The standard InChI is InChI=1S/C22H28ClN7/c1-28-21-19(15-24-28)20(25-17-7-5-16(23)6-8-17)26-22(27-21)30-13-9-18(10-14-30)29-11-3-2-4-12-29/h5-8,15,18H,2-4,9-14H2,1H3,(H,25,26,27). The average molecular weight is 426 g/mol. The van der Waals surface area contributed by atoms with Gasteiger partial charge < -0.3 is 15.1 Å². The van der Waals surface area contributed by atoms with Crippen molar-refractivity contribution in [2.45, 2.75) is 38.1 Å². The van der Waals surface area contributed by atoms with Crippen molar-refractivity contribution in [3.8, 4) is 0 Å². The zero-order valence-electron chi connectivity index (χ0n) is 17.4. The van der Waals surface area contributed by atoms with Gasteiger partial charge in [-0.1, -0.05) is 18.0 Å². The quantitative estimate of drug-likeness (QED) is 0.675. The van der Waals surface area contributed by atoms with Crippen LogP contribution in [0, 0.1) is 0 Å². The number of anilines is 3. The molecule has 0 atom stereocenters. The first-order valence-electron chi connectivity index (χ1n) is 10.9. The largest absolute Gasteiger partial charge is 0.341 e. The summed E-state index contributed by atoms with van der Waals surface area (Å²) in [6.07, 6.45) is 8.25. The van der Waals surface area contributed by atoms with Crippen molar-refractivity contribution < 1.29 is 0 Å². The van der Waals surface area contributed by atoms with E-state index in [9.17, 15) is 0 Å². The molecule has 0 bridgehead atoms. The highest BCUT2D eigenvalue weighted by Crippen LogP contribution is 2.29. The van der Waals surface area contributed by atoms with Gasteiger partial charge in [0.15, 0.2) is 5.65 Å². The molecule has 7 nitrogen and oxygen atoms in total. The summed E-state index contributed by atoms with van der Waals surface area (Å²) in [4.78, 5) is 14.8. The highest BCUT2D eigenvalue weighted by molar-refractivity contribution is 6.30. The maximum Gasteiger partial charge on any atom is 0.229 e. The van der Waals surface area contributed by atoms with Crippen LogP contribution >= 0.6 is 11.6 Å². The minimum atomic E-state index is 0.702. The number of hydrogen-bond acceptors (Lipinski definition) is 6. The van der Waals surface area contributed by atoms with Crippen LogP contribution in [0.25, 0.3) is 11.0 Å². The Morgan fingerprint density at radius 2 is 1.70 bits per heavy atom. The lowest BCUT2D eigenvalue weighted by Gasteiger charge is -2.40. The molecule has 5 rings (SSSR count). The zero-order valence-corrected chi connectivity index (χ0v) is 18.1. The van der Waals surface area contributed by atoms with Gasteiger partial charge >= 0.3 is 0 Å². The Morgan fingerprint density at radius 3 is 2.43 bits per heavy atom. The fourth-order valence-corrected chi connectivity index (χ4v) is 4.76. The van der Waals surface area contributed by atoms with E-state index in [1.54, 1.807) is 0 Å². The maximum absolute atomic E-state index is 6.03. The van der Waals surface area contributed by atoms with Crippen LogP contribution in [0.15, 0.2) is 30.5 Å². The van der Waals surface area contributed by atoms with Crippen molar-refractivity contribution in [3.63, 3.8) is 0 Å². The van der Waals surface area contributed by atoms with Gasteiger partial charge in [0.1, 0.15) is 5.82 Å². The Bertz CT molecular complexity index is 1000. The van der Waals surface area contributed by atoms with E-state index in [2.05, 4.69) is 20.2 Å². The van der Waals surface area contributed by atoms with Crippen LogP contribution in [-0.4, -0.2) is 56.9 Å².